The topological polar surface area (TPSA) is 88.1 Å². The number of aromatic nitrogens is 1. The van der Waals surface area contributed by atoms with Crippen LogP contribution in [-0.2, 0) is 19.4 Å². The van der Waals surface area contributed by atoms with Crippen molar-refractivity contribution in [1.82, 2.24) is 9.88 Å². The molecule has 4 heterocycles. The molecule has 164 valence electrons. The molecule has 6 rings (SSSR count). The minimum Gasteiger partial charge on any atom is -0.761 e. The molecule has 0 spiro atoms. The van der Waals surface area contributed by atoms with Crippen LogP contribution in [0.5, 0.6) is 28.9 Å². The molecule has 0 radical (unpaired) electrons. The summed E-state index contributed by atoms with van der Waals surface area (Å²) in [6, 6.07) is 11.9. The Morgan fingerprint density at radius 2 is 2.00 bits per heavy atom. The molecule has 32 heavy (non-hydrogen) atoms. The summed E-state index contributed by atoms with van der Waals surface area (Å²) >= 11 is 0. The lowest BCUT2D eigenvalue weighted by Gasteiger charge is -2.42. The number of nitrogens with zero attached hydrogens (tertiary/aromatic N) is 2. The second-order valence-electron chi connectivity index (χ2n) is 8.17. The average molecular weight is 432 g/mol. The predicted octanol–water partition coefficient (Wildman–Crippen LogP) is 4.18. The van der Waals surface area contributed by atoms with Gasteiger partial charge in [0.15, 0.2) is 23.0 Å². The third-order valence-electron chi connectivity index (χ3n) is 6.48. The van der Waals surface area contributed by atoms with E-state index in [4.69, 9.17) is 18.9 Å². The van der Waals surface area contributed by atoms with Crippen molar-refractivity contribution in [3.8, 4) is 28.9 Å². The molecule has 3 aliphatic rings. The maximum Gasteiger partial charge on any atom is 0.231 e. The summed E-state index contributed by atoms with van der Waals surface area (Å²) < 4.78 is 23.0. The molecule has 8 nitrogen and oxygen atoms in total. The van der Waals surface area contributed by atoms with E-state index in [0.29, 0.717) is 23.1 Å². The smallest absolute Gasteiger partial charge is 0.231 e. The first-order valence-corrected chi connectivity index (χ1v) is 10.6. The number of anilines is 1. The van der Waals surface area contributed by atoms with Gasteiger partial charge in [-0.1, -0.05) is 6.07 Å². The molecule has 0 fully saturated rings. The summed E-state index contributed by atoms with van der Waals surface area (Å²) in [5.41, 5.74) is 7.19. The van der Waals surface area contributed by atoms with Crippen molar-refractivity contribution >= 4 is 5.69 Å². The van der Waals surface area contributed by atoms with Gasteiger partial charge >= 0.3 is 0 Å². The second kappa shape index (κ2) is 7.58. The first-order valence-electron chi connectivity index (χ1n) is 10.6. The standard InChI is InChI=1S/C24H22N3O5/c1-29-20-4-2-14-8-19-17-10-22-21(30-13-31-22)9-15(17)6-7-27(19)12-18(14)24(20)32-23-5-3-16(26-28)11-25-23/h2-5,9-11,19,26H,6-8,12-13H2,1H3/q-1. The molecule has 0 saturated carbocycles. The normalized spacial score (nSPS) is 18.4. The Hall–Kier alpha value is -3.49. The molecule has 3 aliphatic heterocycles. The van der Waals surface area contributed by atoms with Crippen molar-refractivity contribution in [2.75, 3.05) is 25.9 Å². The van der Waals surface area contributed by atoms with E-state index in [0.717, 1.165) is 43.0 Å². The van der Waals surface area contributed by atoms with Crippen molar-refractivity contribution in [1.29, 1.82) is 0 Å². The van der Waals surface area contributed by atoms with Crippen LogP contribution in [-0.4, -0.2) is 30.3 Å². The number of hydrogen-bond donors (Lipinski definition) is 1. The maximum absolute atomic E-state index is 10.8. The predicted molar refractivity (Wildman–Crippen MR) is 117 cm³/mol. The average Bonchev–Trinajstić information content (AvgIpc) is 3.30. The fraction of sp³-hybridized carbons (Fsp3) is 0.292. The molecular formula is C24H22N3O5-. The Kier molecular flexibility index (Phi) is 4.55. The molecule has 0 amide bonds. The van der Waals surface area contributed by atoms with Crippen molar-refractivity contribution in [3.05, 3.63) is 70.1 Å². The highest BCUT2D eigenvalue weighted by Crippen LogP contribution is 2.47. The molecule has 0 bridgehead atoms. The van der Waals surface area contributed by atoms with Gasteiger partial charge < -0.3 is 29.6 Å². The molecule has 1 unspecified atom stereocenters. The van der Waals surface area contributed by atoms with E-state index < -0.39 is 0 Å². The lowest BCUT2D eigenvalue weighted by molar-refractivity contribution is 0.158. The Morgan fingerprint density at radius 3 is 2.78 bits per heavy atom. The van der Waals surface area contributed by atoms with Crippen LogP contribution in [0.15, 0.2) is 42.6 Å². The van der Waals surface area contributed by atoms with Gasteiger partial charge in [-0.25, -0.2) is 4.98 Å². The van der Waals surface area contributed by atoms with Crippen LogP contribution in [0.2, 0.25) is 0 Å². The number of nitrogens with one attached hydrogen (secondary N) is 1. The molecule has 1 N–H and O–H groups in total. The van der Waals surface area contributed by atoms with E-state index in [9.17, 15) is 5.21 Å². The van der Waals surface area contributed by atoms with E-state index >= 15 is 0 Å². The largest absolute Gasteiger partial charge is 0.761 e. The fourth-order valence-electron chi connectivity index (χ4n) is 4.87. The molecule has 3 aromatic rings. The van der Waals surface area contributed by atoms with Gasteiger partial charge in [-0.15, -0.1) is 0 Å². The molecule has 1 aromatic heterocycles. The summed E-state index contributed by atoms with van der Waals surface area (Å²) in [5, 5.41) is 10.8. The molecule has 8 heteroatoms. The van der Waals surface area contributed by atoms with Crippen LogP contribution in [0.1, 0.15) is 28.3 Å². The molecule has 0 saturated heterocycles. The van der Waals surface area contributed by atoms with Crippen LogP contribution in [0, 0.1) is 5.21 Å². The van der Waals surface area contributed by atoms with E-state index in [-0.39, 0.29) is 12.8 Å². The van der Waals surface area contributed by atoms with Crippen LogP contribution < -0.4 is 24.4 Å². The highest BCUT2D eigenvalue weighted by Gasteiger charge is 2.35. The van der Waals surface area contributed by atoms with Gasteiger partial charge in [0.05, 0.1) is 13.3 Å². The van der Waals surface area contributed by atoms with Crippen LogP contribution >= 0.6 is 0 Å². The number of hydrogen-bond acceptors (Lipinski definition) is 8. The lowest BCUT2D eigenvalue weighted by atomic mass is 9.83. The zero-order valence-corrected chi connectivity index (χ0v) is 17.6. The van der Waals surface area contributed by atoms with Gasteiger partial charge in [0.25, 0.3) is 0 Å². The summed E-state index contributed by atoms with van der Waals surface area (Å²) in [7, 11) is 1.64. The number of pyridine rings is 1. The molecule has 1 atom stereocenters. The Labute approximate surface area is 185 Å². The fourth-order valence-corrected chi connectivity index (χ4v) is 4.87. The zero-order chi connectivity index (χ0) is 21.7. The maximum atomic E-state index is 10.8. The van der Waals surface area contributed by atoms with Crippen molar-refractivity contribution in [3.63, 3.8) is 0 Å². The highest BCUT2D eigenvalue weighted by molar-refractivity contribution is 5.56. The first-order chi connectivity index (χ1) is 15.7. The van der Waals surface area contributed by atoms with E-state index in [1.54, 1.807) is 19.2 Å². The zero-order valence-electron chi connectivity index (χ0n) is 17.6. The summed E-state index contributed by atoms with van der Waals surface area (Å²) in [6.07, 6.45) is 3.28. The Balaban J connectivity index is 1.36. The Bertz CT molecular complexity index is 1180. The van der Waals surface area contributed by atoms with E-state index in [2.05, 4.69) is 28.1 Å². The number of methoxy groups -OCH3 is 1. The molecule has 0 aliphatic carbocycles. The highest BCUT2D eigenvalue weighted by atomic mass is 16.7. The Morgan fingerprint density at radius 1 is 1.12 bits per heavy atom. The SMILES string of the molecule is COc1ccc2c(c1Oc1ccc(N[O-])cn1)CN1CCc3cc4c(cc3C1C2)OCO4. The minimum atomic E-state index is 0.280. The quantitative estimate of drug-likeness (QED) is 0.615. The molecular weight excluding hydrogens is 410 g/mol. The second-order valence-corrected chi connectivity index (χ2v) is 8.17. The van der Waals surface area contributed by atoms with Crippen molar-refractivity contribution < 1.29 is 18.9 Å². The number of fused-ring (bicyclic) bond motifs is 5. The van der Waals surface area contributed by atoms with Gasteiger partial charge in [0, 0.05) is 36.4 Å². The van der Waals surface area contributed by atoms with Crippen LogP contribution in [0.4, 0.5) is 5.69 Å². The van der Waals surface area contributed by atoms with E-state index in [1.807, 2.05) is 11.5 Å². The number of ether oxygens (including phenoxy) is 4. The third-order valence-corrected chi connectivity index (χ3v) is 6.48. The number of rotatable bonds is 4. The minimum absolute atomic E-state index is 0.280. The monoisotopic (exact) mass is 432 g/mol. The van der Waals surface area contributed by atoms with Gasteiger partial charge in [-0.3, -0.25) is 4.90 Å². The number of benzene rings is 2. The summed E-state index contributed by atoms with van der Waals surface area (Å²) in [6.45, 7) is 1.99. The van der Waals surface area contributed by atoms with Gasteiger partial charge in [0.2, 0.25) is 12.7 Å². The van der Waals surface area contributed by atoms with Gasteiger partial charge in [0.1, 0.15) is 0 Å². The van der Waals surface area contributed by atoms with Crippen molar-refractivity contribution in [2.45, 2.75) is 25.4 Å². The van der Waals surface area contributed by atoms with Crippen LogP contribution in [0.25, 0.3) is 0 Å². The van der Waals surface area contributed by atoms with Gasteiger partial charge in [-0.05, 0) is 53.8 Å². The van der Waals surface area contributed by atoms with Gasteiger partial charge in [-0.2, -0.15) is 0 Å². The molecule has 2 aromatic carbocycles. The summed E-state index contributed by atoms with van der Waals surface area (Å²) in [4.78, 5) is 6.72. The first kappa shape index (κ1) is 19.2. The summed E-state index contributed by atoms with van der Waals surface area (Å²) in [5.74, 6) is 3.43. The third kappa shape index (κ3) is 3.11. The van der Waals surface area contributed by atoms with E-state index in [1.165, 1.54) is 22.9 Å². The van der Waals surface area contributed by atoms with Crippen molar-refractivity contribution in [2.24, 2.45) is 0 Å². The van der Waals surface area contributed by atoms with Crippen LogP contribution in [0.3, 0.4) is 0 Å². The lowest BCUT2D eigenvalue weighted by Crippen LogP contribution is -2.39.